The highest BCUT2D eigenvalue weighted by Crippen LogP contribution is 2.41. The number of rotatable bonds is 5. The van der Waals surface area contributed by atoms with Crippen molar-refractivity contribution in [3.8, 4) is 23.3 Å². The number of benzene rings is 2. The predicted octanol–water partition coefficient (Wildman–Crippen LogP) is 5.23. The molecule has 2 heterocycles. The standard InChI is InChI=1S/C26H22F3N3O5S/c1-35-21-12-15(3-6-20(21)37-19-5-4-16(14-30)11-18(19)26(27,28)29)13-22-23(33)31-25(38-22)32-9-7-17(8-10-32)24(34)36-2/h3-6,11-13,17H,7-10H2,1-2H3. The van der Waals surface area contributed by atoms with Gasteiger partial charge in [0.05, 0.1) is 42.2 Å². The number of methoxy groups -OCH3 is 2. The van der Waals surface area contributed by atoms with Crippen LogP contribution in [0.3, 0.4) is 0 Å². The number of carbonyl (C=O) groups excluding carboxylic acids is 2. The molecule has 0 saturated carbocycles. The number of nitriles is 1. The molecule has 0 aliphatic carbocycles. The van der Waals surface area contributed by atoms with Crippen molar-refractivity contribution >= 4 is 34.9 Å². The Kier molecular flexibility index (Phi) is 7.97. The number of amides is 1. The number of aliphatic imine (C=N–C) groups is 1. The zero-order chi connectivity index (χ0) is 27.4. The Hall–Kier alpha value is -3.98. The van der Waals surface area contributed by atoms with Crippen molar-refractivity contribution in [2.75, 3.05) is 27.3 Å². The SMILES string of the molecule is COC(=O)C1CCN(C2=NC(=O)C(=Cc3ccc(Oc4ccc(C#N)cc4C(F)(F)F)c(OC)c3)S2)CC1. The fraction of sp³-hybridized carbons (Fsp3) is 0.308. The van der Waals surface area contributed by atoms with Crippen LogP contribution in [0.5, 0.6) is 17.2 Å². The van der Waals surface area contributed by atoms with E-state index in [1.165, 1.54) is 44.2 Å². The molecule has 1 amide bonds. The maximum atomic E-state index is 13.5. The molecular formula is C26H22F3N3O5S. The van der Waals surface area contributed by atoms with Crippen molar-refractivity contribution < 1.29 is 37.0 Å². The third-order valence-electron chi connectivity index (χ3n) is 6.03. The number of amidine groups is 1. The van der Waals surface area contributed by atoms with E-state index in [0.717, 1.165) is 12.1 Å². The first-order chi connectivity index (χ1) is 18.1. The minimum absolute atomic E-state index is 0.0284. The first kappa shape index (κ1) is 27.1. The second kappa shape index (κ2) is 11.2. The zero-order valence-electron chi connectivity index (χ0n) is 20.4. The van der Waals surface area contributed by atoms with E-state index in [1.54, 1.807) is 18.2 Å². The number of nitrogens with zero attached hydrogens (tertiary/aromatic N) is 3. The lowest BCUT2D eigenvalue weighted by Gasteiger charge is -2.31. The van der Waals surface area contributed by atoms with Crippen LogP contribution in [-0.4, -0.2) is 49.3 Å². The molecule has 38 heavy (non-hydrogen) atoms. The van der Waals surface area contributed by atoms with Gasteiger partial charge >= 0.3 is 12.1 Å². The van der Waals surface area contributed by atoms with Gasteiger partial charge in [-0.2, -0.15) is 23.4 Å². The summed E-state index contributed by atoms with van der Waals surface area (Å²) in [5.41, 5.74) is -0.674. The summed E-state index contributed by atoms with van der Waals surface area (Å²) < 4.78 is 56.2. The van der Waals surface area contributed by atoms with Crippen LogP contribution in [0.1, 0.15) is 29.5 Å². The number of ether oxygens (including phenoxy) is 3. The molecule has 198 valence electrons. The first-order valence-electron chi connectivity index (χ1n) is 11.5. The van der Waals surface area contributed by atoms with E-state index in [0.29, 0.717) is 41.6 Å². The van der Waals surface area contributed by atoms with E-state index in [4.69, 9.17) is 19.5 Å². The van der Waals surface area contributed by atoms with Crippen LogP contribution in [0.4, 0.5) is 13.2 Å². The van der Waals surface area contributed by atoms with Gasteiger partial charge in [0.25, 0.3) is 5.91 Å². The maximum absolute atomic E-state index is 13.5. The van der Waals surface area contributed by atoms with E-state index < -0.39 is 23.4 Å². The second-order valence-electron chi connectivity index (χ2n) is 8.43. The van der Waals surface area contributed by atoms with Crippen molar-refractivity contribution in [2.45, 2.75) is 19.0 Å². The molecule has 0 aromatic heterocycles. The van der Waals surface area contributed by atoms with E-state index in [2.05, 4.69) is 4.99 Å². The van der Waals surface area contributed by atoms with Crippen molar-refractivity contribution in [3.63, 3.8) is 0 Å². The molecule has 1 saturated heterocycles. The van der Waals surface area contributed by atoms with Gasteiger partial charge < -0.3 is 19.1 Å². The van der Waals surface area contributed by atoms with E-state index in [9.17, 15) is 22.8 Å². The molecule has 0 atom stereocenters. The van der Waals surface area contributed by atoms with Crippen molar-refractivity contribution in [1.29, 1.82) is 5.26 Å². The first-order valence-corrected chi connectivity index (χ1v) is 12.3. The van der Waals surface area contributed by atoms with Gasteiger partial charge in [0.2, 0.25) is 0 Å². The molecule has 12 heteroatoms. The van der Waals surface area contributed by atoms with Crippen LogP contribution in [0.25, 0.3) is 6.08 Å². The van der Waals surface area contributed by atoms with Crippen LogP contribution >= 0.6 is 11.8 Å². The zero-order valence-corrected chi connectivity index (χ0v) is 21.2. The molecule has 1 fully saturated rings. The Bertz CT molecular complexity index is 1360. The molecule has 8 nitrogen and oxygen atoms in total. The summed E-state index contributed by atoms with van der Waals surface area (Å²) in [7, 11) is 2.71. The minimum atomic E-state index is -4.73. The summed E-state index contributed by atoms with van der Waals surface area (Å²) in [6, 6.07) is 9.27. The summed E-state index contributed by atoms with van der Waals surface area (Å²) in [6.45, 7) is 1.14. The number of halogens is 3. The third kappa shape index (κ3) is 5.94. The Labute approximate surface area is 220 Å². The largest absolute Gasteiger partial charge is 0.493 e. The van der Waals surface area contributed by atoms with Gasteiger partial charge in [-0.3, -0.25) is 9.59 Å². The van der Waals surface area contributed by atoms with Gasteiger partial charge in [-0.05, 0) is 66.6 Å². The quantitative estimate of drug-likeness (QED) is 0.372. The molecule has 0 radical (unpaired) electrons. The van der Waals surface area contributed by atoms with Gasteiger partial charge in [-0.25, -0.2) is 0 Å². The van der Waals surface area contributed by atoms with Gasteiger partial charge in [-0.15, -0.1) is 0 Å². The normalized spacial score (nSPS) is 17.3. The lowest BCUT2D eigenvalue weighted by molar-refractivity contribution is -0.146. The second-order valence-corrected chi connectivity index (χ2v) is 9.44. The molecule has 4 rings (SSSR count). The number of carbonyl (C=O) groups is 2. The van der Waals surface area contributed by atoms with Crippen LogP contribution in [0.2, 0.25) is 0 Å². The molecule has 2 aromatic carbocycles. The topological polar surface area (TPSA) is 101 Å². The third-order valence-corrected chi connectivity index (χ3v) is 7.07. The molecule has 2 aliphatic rings. The smallest absolute Gasteiger partial charge is 0.420 e. The molecular weight excluding hydrogens is 523 g/mol. The Morgan fingerprint density at radius 3 is 2.47 bits per heavy atom. The van der Waals surface area contributed by atoms with E-state index in [1.807, 2.05) is 4.90 Å². The van der Waals surface area contributed by atoms with Crippen LogP contribution in [-0.2, 0) is 20.5 Å². The number of esters is 1. The number of thioether (sulfide) groups is 1. The van der Waals surface area contributed by atoms with Crippen molar-refractivity contribution in [1.82, 2.24) is 4.90 Å². The average Bonchev–Trinajstić information content (AvgIpc) is 3.28. The monoisotopic (exact) mass is 545 g/mol. The highest BCUT2D eigenvalue weighted by Gasteiger charge is 2.35. The van der Waals surface area contributed by atoms with Crippen LogP contribution in [0.15, 0.2) is 46.3 Å². The summed E-state index contributed by atoms with van der Waals surface area (Å²) >= 11 is 1.21. The minimum Gasteiger partial charge on any atom is -0.493 e. The number of likely N-dealkylation sites (tertiary alicyclic amines) is 1. The van der Waals surface area contributed by atoms with Gasteiger partial charge in [-0.1, -0.05) is 6.07 Å². The van der Waals surface area contributed by atoms with Gasteiger partial charge in [0, 0.05) is 13.1 Å². The predicted molar refractivity (Wildman–Crippen MR) is 134 cm³/mol. The lowest BCUT2D eigenvalue weighted by atomic mass is 9.97. The summed E-state index contributed by atoms with van der Waals surface area (Å²) in [5, 5.41) is 9.50. The van der Waals surface area contributed by atoms with E-state index in [-0.39, 0.29) is 28.9 Å². The van der Waals surface area contributed by atoms with Gasteiger partial charge in [0.15, 0.2) is 16.7 Å². The van der Waals surface area contributed by atoms with Crippen LogP contribution < -0.4 is 9.47 Å². The van der Waals surface area contributed by atoms with Crippen molar-refractivity contribution in [3.05, 3.63) is 58.0 Å². The van der Waals surface area contributed by atoms with Gasteiger partial charge in [0.1, 0.15) is 5.75 Å². The number of piperidine rings is 1. The highest BCUT2D eigenvalue weighted by molar-refractivity contribution is 8.18. The molecule has 0 spiro atoms. The molecule has 2 aromatic rings. The number of alkyl halides is 3. The molecule has 0 bridgehead atoms. The molecule has 0 unspecified atom stereocenters. The Morgan fingerprint density at radius 2 is 1.84 bits per heavy atom. The summed E-state index contributed by atoms with van der Waals surface area (Å²) in [5.74, 6) is -1.11. The fourth-order valence-corrected chi connectivity index (χ4v) is 5.01. The van der Waals surface area contributed by atoms with Crippen LogP contribution in [0, 0.1) is 17.2 Å². The average molecular weight is 546 g/mol. The molecule has 2 aliphatic heterocycles. The lowest BCUT2D eigenvalue weighted by Crippen LogP contribution is -2.38. The van der Waals surface area contributed by atoms with Crippen molar-refractivity contribution in [2.24, 2.45) is 10.9 Å². The summed E-state index contributed by atoms with van der Waals surface area (Å²) in [6.07, 6.45) is -1.91. The highest BCUT2D eigenvalue weighted by atomic mass is 32.2. The van der Waals surface area contributed by atoms with E-state index >= 15 is 0 Å². The summed E-state index contributed by atoms with van der Waals surface area (Å²) in [4.78, 5) is 30.7. The Balaban J connectivity index is 1.49. The molecule has 0 N–H and O–H groups in total. The fourth-order valence-electron chi connectivity index (χ4n) is 4.04. The number of hydrogen-bond acceptors (Lipinski definition) is 8. The Morgan fingerprint density at radius 1 is 1.13 bits per heavy atom. The number of hydrogen-bond donors (Lipinski definition) is 0. The maximum Gasteiger partial charge on any atom is 0.420 e.